The van der Waals surface area contributed by atoms with Crippen LogP contribution in [0.1, 0.15) is 12.8 Å². The summed E-state index contributed by atoms with van der Waals surface area (Å²) in [7, 11) is 0. The molecule has 1 saturated carbocycles. The van der Waals surface area contributed by atoms with Crippen LogP contribution in [0.25, 0.3) is 0 Å². The first-order chi connectivity index (χ1) is 4.88. The first-order valence-electron chi connectivity index (χ1n) is 3.81. The van der Waals surface area contributed by atoms with Gasteiger partial charge in [-0.25, -0.2) is 0 Å². The molecule has 3 nitrogen and oxygen atoms in total. The highest BCUT2D eigenvalue weighted by Gasteiger charge is 2.58. The molecule has 0 aromatic heterocycles. The lowest BCUT2D eigenvalue weighted by molar-refractivity contribution is -0.166. The summed E-state index contributed by atoms with van der Waals surface area (Å²) in [5.41, 5.74) is 0. The highest BCUT2D eigenvalue weighted by Crippen LogP contribution is 2.48. The molecule has 0 N–H and O–H groups in total. The van der Waals surface area contributed by atoms with E-state index < -0.39 is 0 Å². The first kappa shape index (κ1) is 5.52. The third kappa shape index (κ3) is 0.603. The van der Waals surface area contributed by atoms with Gasteiger partial charge in [0.15, 0.2) is 5.79 Å². The zero-order chi connectivity index (χ0) is 6.60. The summed E-state index contributed by atoms with van der Waals surface area (Å²) in [4.78, 5) is 0. The van der Waals surface area contributed by atoms with E-state index in [2.05, 4.69) is 0 Å². The van der Waals surface area contributed by atoms with Gasteiger partial charge in [-0.05, 0) is 0 Å². The van der Waals surface area contributed by atoms with Gasteiger partial charge in [-0.1, -0.05) is 0 Å². The molecule has 2 atom stereocenters. The monoisotopic (exact) mass is 142 g/mol. The topological polar surface area (TPSA) is 31.0 Å². The molecular weight excluding hydrogens is 132 g/mol. The number of fused-ring (bicyclic) bond motifs is 1. The molecule has 56 valence electrons. The van der Waals surface area contributed by atoms with E-state index in [0.717, 1.165) is 26.1 Å². The molecular formula is C7H10O3. The van der Waals surface area contributed by atoms with Crippen molar-refractivity contribution < 1.29 is 14.2 Å². The second-order valence-corrected chi connectivity index (χ2v) is 3.23. The fourth-order valence-electron chi connectivity index (χ4n) is 1.97. The van der Waals surface area contributed by atoms with Gasteiger partial charge in [0, 0.05) is 12.8 Å². The van der Waals surface area contributed by atoms with Gasteiger partial charge in [0.25, 0.3) is 0 Å². The van der Waals surface area contributed by atoms with Gasteiger partial charge in [0.2, 0.25) is 0 Å². The van der Waals surface area contributed by atoms with Gasteiger partial charge in [0.05, 0.1) is 25.4 Å². The van der Waals surface area contributed by atoms with E-state index >= 15 is 0 Å². The number of epoxide rings is 1. The van der Waals surface area contributed by atoms with Crippen molar-refractivity contribution in [3.63, 3.8) is 0 Å². The van der Waals surface area contributed by atoms with Crippen LogP contribution in [0, 0.1) is 0 Å². The maximum Gasteiger partial charge on any atom is 0.173 e. The first-order valence-corrected chi connectivity index (χ1v) is 3.81. The van der Waals surface area contributed by atoms with Crippen molar-refractivity contribution in [3.05, 3.63) is 0 Å². The minimum atomic E-state index is -0.215. The maximum absolute atomic E-state index is 5.50. The third-order valence-electron chi connectivity index (χ3n) is 2.53. The van der Waals surface area contributed by atoms with Crippen molar-refractivity contribution in [2.75, 3.05) is 13.2 Å². The third-order valence-corrected chi connectivity index (χ3v) is 2.53. The van der Waals surface area contributed by atoms with Crippen LogP contribution in [0.2, 0.25) is 0 Å². The smallest absolute Gasteiger partial charge is 0.173 e. The van der Waals surface area contributed by atoms with E-state index in [9.17, 15) is 0 Å². The summed E-state index contributed by atoms with van der Waals surface area (Å²) < 4.78 is 16.3. The molecule has 0 aromatic carbocycles. The average Bonchev–Trinajstić information content (AvgIpc) is 2.45. The molecule has 1 aliphatic carbocycles. The Morgan fingerprint density at radius 2 is 1.60 bits per heavy atom. The molecule has 3 heteroatoms. The molecule has 2 heterocycles. The van der Waals surface area contributed by atoms with Crippen molar-refractivity contribution in [2.24, 2.45) is 0 Å². The van der Waals surface area contributed by atoms with Crippen molar-refractivity contribution >= 4 is 0 Å². The van der Waals surface area contributed by atoms with E-state index in [4.69, 9.17) is 14.2 Å². The van der Waals surface area contributed by atoms with Crippen LogP contribution in [0.3, 0.4) is 0 Å². The fraction of sp³-hybridized carbons (Fsp3) is 1.00. The molecule has 3 aliphatic rings. The van der Waals surface area contributed by atoms with Crippen molar-refractivity contribution in [1.82, 2.24) is 0 Å². The molecule has 2 unspecified atom stereocenters. The zero-order valence-corrected chi connectivity index (χ0v) is 5.71. The maximum atomic E-state index is 5.50. The van der Waals surface area contributed by atoms with E-state index in [1.165, 1.54) is 0 Å². The van der Waals surface area contributed by atoms with E-state index in [1.807, 2.05) is 0 Å². The molecule has 0 amide bonds. The van der Waals surface area contributed by atoms with Gasteiger partial charge in [-0.15, -0.1) is 0 Å². The lowest BCUT2D eigenvalue weighted by Crippen LogP contribution is -2.28. The molecule has 0 aromatic rings. The van der Waals surface area contributed by atoms with Gasteiger partial charge < -0.3 is 14.2 Å². The molecule has 2 aliphatic heterocycles. The van der Waals surface area contributed by atoms with Crippen LogP contribution < -0.4 is 0 Å². The van der Waals surface area contributed by atoms with Crippen LogP contribution in [-0.2, 0) is 14.2 Å². The fourth-order valence-corrected chi connectivity index (χ4v) is 1.97. The largest absolute Gasteiger partial charge is 0.369 e. The Morgan fingerprint density at radius 1 is 1.00 bits per heavy atom. The van der Waals surface area contributed by atoms with Crippen LogP contribution in [0.15, 0.2) is 0 Å². The Balaban J connectivity index is 1.80. The Labute approximate surface area is 59.3 Å². The van der Waals surface area contributed by atoms with Crippen LogP contribution in [-0.4, -0.2) is 31.2 Å². The van der Waals surface area contributed by atoms with Crippen LogP contribution in [0.4, 0.5) is 0 Å². The molecule has 1 spiro atoms. The van der Waals surface area contributed by atoms with Crippen molar-refractivity contribution in [3.8, 4) is 0 Å². The van der Waals surface area contributed by atoms with Gasteiger partial charge in [-0.2, -0.15) is 0 Å². The molecule has 0 bridgehead atoms. The SMILES string of the molecule is C1COC2(CC3OC3C2)O1. The van der Waals surface area contributed by atoms with E-state index in [1.54, 1.807) is 0 Å². The average molecular weight is 142 g/mol. The minimum absolute atomic E-state index is 0.215. The van der Waals surface area contributed by atoms with Crippen LogP contribution in [0.5, 0.6) is 0 Å². The van der Waals surface area contributed by atoms with Crippen molar-refractivity contribution in [1.29, 1.82) is 0 Å². The Morgan fingerprint density at radius 3 is 2.20 bits per heavy atom. The molecule has 3 fully saturated rings. The highest BCUT2D eigenvalue weighted by molar-refractivity contribution is 5.02. The number of rotatable bonds is 0. The number of ether oxygens (including phenoxy) is 3. The number of hydrogen-bond donors (Lipinski definition) is 0. The summed E-state index contributed by atoms with van der Waals surface area (Å²) >= 11 is 0. The normalized spacial score (nSPS) is 48.0. The second kappa shape index (κ2) is 1.55. The molecule has 10 heavy (non-hydrogen) atoms. The highest BCUT2D eigenvalue weighted by atomic mass is 16.7. The predicted octanol–water partition coefficient (Wildman–Crippen LogP) is 0.291. The Hall–Kier alpha value is -0.120. The van der Waals surface area contributed by atoms with E-state index in [0.29, 0.717) is 12.2 Å². The van der Waals surface area contributed by atoms with Gasteiger partial charge in [-0.3, -0.25) is 0 Å². The summed E-state index contributed by atoms with van der Waals surface area (Å²) in [5.74, 6) is -0.215. The van der Waals surface area contributed by atoms with Gasteiger partial charge >= 0.3 is 0 Å². The standard InChI is InChI=1S/C7H10O3/c1-2-9-7(8-1)3-5-6(4-7)10-5/h5-6H,1-4H2. The second-order valence-electron chi connectivity index (χ2n) is 3.23. The summed E-state index contributed by atoms with van der Waals surface area (Å²) in [6, 6.07) is 0. The van der Waals surface area contributed by atoms with E-state index in [-0.39, 0.29) is 5.79 Å². The lowest BCUT2D eigenvalue weighted by Gasteiger charge is -2.22. The molecule has 0 radical (unpaired) electrons. The summed E-state index contributed by atoms with van der Waals surface area (Å²) in [6.45, 7) is 1.53. The molecule has 3 rings (SSSR count). The number of hydrogen-bond acceptors (Lipinski definition) is 3. The summed E-state index contributed by atoms with van der Waals surface area (Å²) in [6.07, 6.45) is 2.83. The van der Waals surface area contributed by atoms with Gasteiger partial charge in [0.1, 0.15) is 0 Å². The van der Waals surface area contributed by atoms with Crippen molar-refractivity contribution in [2.45, 2.75) is 30.8 Å². The molecule has 2 saturated heterocycles. The quantitative estimate of drug-likeness (QED) is 0.455. The Kier molecular flexibility index (Phi) is 0.854. The minimum Gasteiger partial charge on any atom is -0.369 e. The predicted molar refractivity (Wildman–Crippen MR) is 32.5 cm³/mol. The summed E-state index contributed by atoms with van der Waals surface area (Å²) in [5, 5.41) is 0. The van der Waals surface area contributed by atoms with Crippen LogP contribution >= 0.6 is 0 Å². The zero-order valence-electron chi connectivity index (χ0n) is 5.71. The lowest BCUT2D eigenvalue weighted by atomic mass is 10.2. The Bertz CT molecular complexity index is 150.